The highest BCUT2D eigenvalue weighted by Gasteiger charge is 2.39. The van der Waals surface area contributed by atoms with Gasteiger partial charge in [-0.3, -0.25) is 4.79 Å². The number of ether oxygens (including phenoxy) is 2. The van der Waals surface area contributed by atoms with Crippen molar-refractivity contribution in [3.8, 4) is 0 Å². The summed E-state index contributed by atoms with van der Waals surface area (Å²) < 4.78 is 11.1. The predicted molar refractivity (Wildman–Crippen MR) is 99.7 cm³/mol. The molecule has 5 heteroatoms. The molecule has 0 aromatic heterocycles. The number of benzene rings is 1. The molecule has 130 valence electrons. The number of rotatable bonds is 3. The maximum atomic E-state index is 13.1. The number of amides is 1. The molecular weight excluding hydrogens is 318 g/mol. The maximum Gasteiger partial charge on any atom is 0.258 e. The molecule has 2 aliphatic rings. The average Bonchev–Trinajstić information content (AvgIpc) is 3.09. The van der Waals surface area contributed by atoms with E-state index in [4.69, 9.17) is 9.47 Å². The van der Waals surface area contributed by atoms with Crippen LogP contribution >= 0.6 is 0 Å². The summed E-state index contributed by atoms with van der Waals surface area (Å²) in [6.45, 7) is 13.1. The minimum atomic E-state index is -1.73. The monoisotopic (exact) mass is 345 g/mol. The van der Waals surface area contributed by atoms with Gasteiger partial charge < -0.3 is 14.4 Å². The van der Waals surface area contributed by atoms with Crippen LogP contribution in [0.4, 0.5) is 5.69 Å². The van der Waals surface area contributed by atoms with Crippen molar-refractivity contribution in [2.75, 3.05) is 24.7 Å². The Morgan fingerprint density at radius 2 is 1.83 bits per heavy atom. The Morgan fingerprint density at radius 1 is 1.21 bits per heavy atom. The van der Waals surface area contributed by atoms with Gasteiger partial charge >= 0.3 is 0 Å². The Labute approximate surface area is 145 Å². The molecule has 1 saturated heterocycles. The van der Waals surface area contributed by atoms with Crippen LogP contribution in [-0.4, -0.2) is 40.0 Å². The van der Waals surface area contributed by atoms with Crippen molar-refractivity contribution < 1.29 is 14.3 Å². The van der Waals surface area contributed by atoms with Gasteiger partial charge in [-0.1, -0.05) is 57.8 Å². The minimum absolute atomic E-state index is 0.0696. The van der Waals surface area contributed by atoms with Gasteiger partial charge in [-0.15, -0.1) is 0 Å². The maximum absolute atomic E-state index is 13.1. The largest absolute Gasteiger partial charge is 0.348 e. The van der Waals surface area contributed by atoms with E-state index in [1.54, 1.807) is 0 Å². The van der Waals surface area contributed by atoms with Gasteiger partial charge in [0.25, 0.3) is 5.91 Å². The number of carbonyl (C=O) groups excluding carboxylic acids is 1. The number of anilines is 1. The molecule has 0 radical (unpaired) electrons. The molecular formula is C19H27NO3Si. The van der Waals surface area contributed by atoms with E-state index in [0.717, 1.165) is 16.8 Å². The number of hydrogen-bond donors (Lipinski definition) is 0. The van der Waals surface area contributed by atoms with E-state index < -0.39 is 8.07 Å². The second kappa shape index (κ2) is 6.13. The summed E-state index contributed by atoms with van der Waals surface area (Å²) in [6.07, 6.45) is -0.325. The van der Waals surface area contributed by atoms with E-state index in [2.05, 4.69) is 39.6 Å². The van der Waals surface area contributed by atoms with Crippen LogP contribution in [-0.2, 0) is 14.3 Å². The number of carbonyl (C=O) groups is 1. The van der Waals surface area contributed by atoms with Crippen LogP contribution < -0.4 is 4.90 Å². The molecule has 0 unspecified atom stereocenters. The van der Waals surface area contributed by atoms with E-state index in [9.17, 15) is 4.79 Å². The first kappa shape index (κ1) is 17.4. The fraction of sp³-hybridized carbons (Fsp3) is 0.526. The number of nitrogens with zero attached hydrogens (tertiary/aromatic N) is 1. The Hall–Kier alpha value is -1.43. The van der Waals surface area contributed by atoms with Crippen LogP contribution in [0.15, 0.2) is 30.0 Å². The minimum Gasteiger partial charge on any atom is -0.348 e. The van der Waals surface area contributed by atoms with Gasteiger partial charge in [-0.05, 0) is 11.1 Å². The predicted octanol–water partition coefficient (Wildman–Crippen LogP) is 3.84. The first-order valence-corrected chi connectivity index (χ1v) is 11.7. The summed E-state index contributed by atoms with van der Waals surface area (Å²) in [6, 6.07) is 8.03. The van der Waals surface area contributed by atoms with Crippen LogP contribution in [0.1, 0.15) is 26.3 Å². The SMILES string of the molecule is CC(C)(C)[Si](C)(C)/C=C1\C(=O)N(CC2OCCO2)c2ccccc21. The standard InChI is InChI=1S/C19H27NO3Si/c1-19(2,3)24(4,5)13-15-14-8-6-7-9-16(14)20(18(15)21)12-17-22-10-11-23-17/h6-9,13,17H,10-12H2,1-5H3/b15-13-. The van der Waals surface area contributed by atoms with Crippen molar-refractivity contribution in [3.05, 3.63) is 35.5 Å². The van der Waals surface area contributed by atoms with Crippen LogP contribution in [0.3, 0.4) is 0 Å². The third-order valence-corrected chi connectivity index (χ3v) is 10.3. The molecule has 0 N–H and O–H groups in total. The molecule has 2 heterocycles. The quantitative estimate of drug-likeness (QED) is 0.617. The fourth-order valence-corrected chi connectivity index (χ4v) is 4.30. The highest BCUT2D eigenvalue weighted by molar-refractivity contribution is 6.86. The number of fused-ring (bicyclic) bond motifs is 1. The molecule has 0 spiro atoms. The zero-order valence-electron chi connectivity index (χ0n) is 15.3. The van der Waals surface area contributed by atoms with Crippen LogP contribution in [0, 0.1) is 0 Å². The second-order valence-electron chi connectivity index (χ2n) is 8.13. The van der Waals surface area contributed by atoms with Gasteiger partial charge in [0.1, 0.15) is 0 Å². The Bertz CT molecular complexity index is 669. The number of para-hydroxylation sites is 1. The lowest BCUT2D eigenvalue weighted by atomic mass is 10.1. The summed E-state index contributed by atoms with van der Waals surface area (Å²) in [5.74, 6) is 0.0696. The van der Waals surface area contributed by atoms with Crippen molar-refractivity contribution in [1.82, 2.24) is 0 Å². The van der Waals surface area contributed by atoms with E-state index in [0.29, 0.717) is 19.8 Å². The second-order valence-corrected chi connectivity index (χ2v) is 13.4. The number of hydrogen-bond acceptors (Lipinski definition) is 3. The Balaban J connectivity index is 1.98. The highest BCUT2D eigenvalue weighted by Crippen LogP contribution is 2.42. The van der Waals surface area contributed by atoms with Crippen LogP contribution in [0.2, 0.25) is 18.1 Å². The summed E-state index contributed by atoms with van der Waals surface area (Å²) in [5, 5.41) is 0.195. The molecule has 3 rings (SSSR count). The normalized spacial score (nSPS) is 21.0. The van der Waals surface area contributed by atoms with Crippen molar-refractivity contribution >= 4 is 25.2 Å². The molecule has 2 aliphatic heterocycles. The lowest BCUT2D eigenvalue weighted by Crippen LogP contribution is -2.37. The lowest BCUT2D eigenvalue weighted by molar-refractivity contribution is -0.114. The van der Waals surface area contributed by atoms with Crippen molar-refractivity contribution in [2.24, 2.45) is 0 Å². The molecule has 1 aromatic rings. The van der Waals surface area contributed by atoms with Gasteiger partial charge in [0.05, 0.1) is 33.5 Å². The molecule has 1 aromatic carbocycles. The van der Waals surface area contributed by atoms with Crippen molar-refractivity contribution in [2.45, 2.75) is 45.2 Å². The Morgan fingerprint density at radius 3 is 2.46 bits per heavy atom. The Kier molecular flexibility index (Phi) is 4.44. The summed E-state index contributed by atoms with van der Waals surface area (Å²) in [5.41, 5.74) is 5.11. The van der Waals surface area contributed by atoms with Gasteiger partial charge in [-0.25, -0.2) is 0 Å². The summed E-state index contributed by atoms with van der Waals surface area (Å²) in [4.78, 5) is 14.9. The van der Waals surface area contributed by atoms with Crippen LogP contribution in [0.25, 0.3) is 5.57 Å². The van der Waals surface area contributed by atoms with Crippen molar-refractivity contribution in [1.29, 1.82) is 0 Å². The fourth-order valence-electron chi connectivity index (χ4n) is 2.87. The third kappa shape index (κ3) is 3.08. The zero-order chi connectivity index (χ0) is 17.5. The van der Waals surface area contributed by atoms with Gasteiger partial charge in [0, 0.05) is 11.1 Å². The summed E-state index contributed by atoms with van der Waals surface area (Å²) in [7, 11) is -1.73. The molecule has 0 aliphatic carbocycles. The van der Waals surface area contributed by atoms with E-state index in [1.165, 1.54) is 0 Å². The van der Waals surface area contributed by atoms with E-state index >= 15 is 0 Å². The van der Waals surface area contributed by atoms with E-state index in [1.807, 2.05) is 29.2 Å². The molecule has 24 heavy (non-hydrogen) atoms. The molecule has 0 saturated carbocycles. The van der Waals surface area contributed by atoms with Crippen molar-refractivity contribution in [3.63, 3.8) is 0 Å². The molecule has 0 atom stereocenters. The summed E-state index contributed by atoms with van der Waals surface area (Å²) >= 11 is 0. The smallest absolute Gasteiger partial charge is 0.258 e. The topological polar surface area (TPSA) is 38.8 Å². The average molecular weight is 346 g/mol. The first-order valence-electron chi connectivity index (χ1n) is 8.58. The van der Waals surface area contributed by atoms with Gasteiger partial charge in [0.2, 0.25) is 0 Å². The lowest BCUT2D eigenvalue weighted by Gasteiger charge is -2.34. The first-order chi connectivity index (χ1) is 11.2. The third-order valence-electron chi connectivity index (χ3n) is 5.42. The van der Waals surface area contributed by atoms with Gasteiger partial charge in [-0.2, -0.15) is 0 Å². The molecule has 1 fully saturated rings. The molecule has 1 amide bonds. The highest BCUT2D eigenvalue weighted by atomic mass is 28.3. The molecule has 0 bridgehead atoms. The van der Waals surface area contributed by atoms with E-state index in [-0.39, 0.29) is 17.2 Å². The molecule has 4 nitrogen and oxygen atoms in total. The van der Waals surface area contributed by atoms with Crippen LogP contribution in [0.5, 0.6) is 0 Å². The zero-order valence-corrected chi connectivity index (χ0v) is 16.3. The van der Waals surface area contributed by atoms with Gasteiger partial charge in [0.15, 0.2) is 6.29 Å².